The molecule has 1 N–H and O–H groups in total. The van der Waals surface area contributed by atoms with Crippen LogP contribution in [0.1, 0.15) is 50.7 Å². The minimum atomic E-state index is 0.303. The highest BCUT2D eigenvalue weighted by Crippen LogP contribution is 2.16. The Morgan fingerprint density at radius 1 is 1.21 bits per heavy atom. The van der Waals surface area contributed by atoms with Crippen LogP contribution in [0.15, 0.2) is 16.5 Å². The predicted molar refractivity (Wildman–Crippen MR) is 79.3 cm³/mol. The van der Waals surface area contributed by atoms with Crippen molar-refractivity contribution in [2.45, 2.75) is 46.1 Å². The molecule has 0 spiro atoms. The Kier molecular flexibility index (Phi) is 5.46. The number of furan rings is 1. The number of likely N-dealkylation sites (tertiary alicyclic amines) is 1. The molecule has 3 nitrogen and oxygen atoms in total. The highest BCUT2D eigenvalue weighted by molar-refractivity contribution is 5.08. The topological polar surface area (TPSA) is 28.4 Å². The van der Waals surface area contributed by atoms with Crippen molar-refractivity contribution in [3.8, 4) is 0 Å². The molecule has 1 fully saturated rings. The summed E-state index contributed by atoms with van der Waals surface area (Å²) < 4.78 is 5.65. The molecule has 0 aliphatic carbocycles. The Morgan fingerprint density at radius 2 is 1.95 bits per heavy atom. The van der Waals surface area contributed by atoms with Gasteiger partial charge in [0.2, 0.25) is 0 Å². The van der Waals surface area contributed by atoms with Crippen molar-refractivity contribution in [3.63, 3.8) is 0 Å². The minimum Gasteiger partial charge on any atom is -0.465 e. The van der Waals surface area contributed by atoms with E-state index in [-0.39, 0.29) is 0 Å². The first-order valence-corrected chi connectivity index (χ1v) is 7.67. The predicted octanol–water partition coefficient (Wildman–Crippen LogP) is 3.36. The zero-order valence-corrected chi connectivity index (χ0v) is 12.6. The number of rotatable bonds is 6. The maximum absolute atomic E-state index is 5.65. The van der Waals surface area contributed by atoms with Gasteiger partial charge in [0.05, 0.1) is 6.04 Å². The molecule has 0 aromatic carbocycles. The Morgan fingerprint density at radius 3 is 2.58 bits per heavy atom. The number of nitrogens with one attached hydrogen (secondary N) is 1. The first-order chi connectivity index (χ1) is 9.15. The summed E-state index contributed by atoms with van der Waals surface area (Å²) in [7, 11) is 0. The fourth-order valence-corrected chi connectivity index (χ4v) is 2.81. The molecule has 2 heterocycles. The Bertz CT molecular complexity index is 369. The number of piperidine rings is 1. The molecule has 0 saturated carbocycles. The van der Waals surface area contributed by atoms with Crippen LogP contribution in [0.3, 0.4) is 0 Å². The van der Waals surface area contributed by atoms with Crippen molar-refractivity contribution in [1.82, 2.24) is 10.2 Å². The molecule has 1 aliphatic rings. The summed E-state index contributed by atoms with van der Waals surface area (Å²) in [5.74, 6) is 2.73. The Hall–Kier alpha value is -0.800. The molecule has 19 heavy (non-hydrogen) atoms. The van der Waals surface area contributed by atoms with Gasteiger partial charge in [0.15, 0.2) is 0 Å². The van der Waals surface area contributed by atoms with E-state index in [2.05, 4.69) is 30.1 Å². The van der Waals surface area contributed by atoms with Crippen molar-refractivity contribution in [3.05, 3.63) is 23.7 Å². The average Bonchev–Trinajstić information content (AvgIpc) is 2.84. The van der Waals surface area contributed by atoms with Crippen molar-refractivity contribution in [2.75, 3.05) is 26.2 Å². The van der Waals surface area contributed by atoms with E-state index in [1.54, 1.807) is 0 Å². The van der Waals surface area contributed by atoms with Gasteiger partial charge in [0.25, 0.3) is 0 Å². The quantitative estimate of drug-likeness (QED) is 0.854. The van der Waals surface area contributed by atoms with Gasteiger partial charge in [0.1, 0.15) is 11.5 Å². The molecule has 0 bridgehead atoms. The lowest BCUT2D eigenvalue weighted by molar-refractivity contribution is 0.197. The van der Waals surface area contributed by atoms with E-state index in [1.807, 2.05) is 13.0 Å². The smallest absolute Gasteiger partial charge is 0.120 e. The van der Waals surface area contributed by atoms with Gasteiger partial charge >= 0.3 is 0 Å². The third-order valence-electron chi connectivity index (χ3n) is 3.98. The third kappa shape index (κ3) is 4.66. The molecular weight excluding hydrogens is 236 g/mol. The van der Waals surface area contributed by atoms with Gasteiger partial charge in [-0.15, -0.1) is 0 Å². The van der Waals surface area contributed by atoms with Crippen LogP contribution in [-0.2, 0) is 0 Å². The summed E-state index contributed by atoms with van der Waals surface area (Å²) in [6.07, 6.45) is 4.17. The standard InChI is InChI=1S/C16H28N2O/c1-13(12-18-9-5-4-6-10-18)11-17-15(3)16-8-7-14(2)19-16/h7-8,13,15,17H,4-6,9-12H2,1-3H3. The molecular formula is C16H28N2O. The molecule has 1 saturated heterocycles. The molecule has 0 amide bonds. The van der Waals surface area contributed by atoms with E-state index in [0.29, 0.717) is 12.0 Å². The van der Waals surface area contributed by atoms with Gasteiger partial charge in [-0.25, -0.2) is 0 Å². The van der Waals surface area contributed by atoms with Crippen LogP contribution in [0, 0.1) is 12.8 Å². The second-order valence-electron chi connectivity index (χ2n) is 6.04. The van der Waals surface area contributed by atoms with E-state index in [9.17, 15) is 0 Å². The highest BCUT2D eigenvalue weighted by atomic mass is 16.3. The lowest BCUT2D eigenvalue weighted by Crippen LogP contribution is -2.37. The number of hydrogen-bond acceptors (Lipinski definition) is 3. The first-order valence-electron chi connectivity index (χ1n) is 7.67. The lowest BCUT2D eigenvalue weighted by atomic mass is 10.1. The maximum Gasteiger partial charge on any atom is 0.120 e. The zero-order valence-electron chi connectivity index (χ0n) is 12.6. The largest absolute Gasteiger partial charge is 0.465 e. The van der Waals surface area contributed by atoms with E-state index >= 15 is 0 Å². The average molecular weight is 264 g/mol. The molecule has 2 rings (SSSR count). The molecule has 2 atom stereocenters. The zero-order chi connectivity index (χ0) is 13.7. The van der Waals surface area contributed by atoms with Crippen LogP contribution in [0.4, 0.5) is 0 Å². The molecule has 0 radical (unpaired) electrons. The molecule has 3 heteroatoms. The van der Waals surface area contributed by atoms with Crippen molar-refractivity contribution >= 4 is 0 Å². The number of nitrogens with zero attached hydrogens (tertiary/aromatic N) is 1. The summed E-state index contributed by atoms with van der Waals surface area (Å²) in [6, 6.07) is 4.41. The Labute approximate surface area is 117 Å². The molecule has 108 valence electrons. The van der Waals surface area contributed by atoms with Crippen molar-refractivity contribution < 1.29 is 4.42 Å². The second-order valence-corrected chi connectivity index (χ2v) is 6.04. The summed E-state index contributed by atoms with van der Waals surface area (Å²) in [6.45, 7) is 11.4. The minimum absolute atomic E-state index is 0.303. The van der Waals surface area contributed by atoms with E-state index in [4.69, 9.17) is 4.42 Å². The molecule has 1 aromatic heterocycles. The molecule has 1 aliphatic heterocycles. The van der Waals surface area contributed by atoms with Gasteiger partial charge in [-0.1, -0.05) is 13.3 Å². The summed E-state index contributed by atoms with van der Waals surface area (Å²) in [5, 5.41) is 3.58. The van der Waals surface area contributed by atoms with Crippen LogP contribution >= 0.6 is 0 Å². The lowest BCUT2D eigenvalue weighted by Gasteiger charge is -2.29. The van der Waals surface area contributed by atoms with Crippen LogP contribution in [0.5, 0.6) is 0 Å². The fraction of sp³-hybridized carbons (Fsp3) is 0.750. The van der Waals surface area contributed by atoms with Crippen molar-refractivity contribution in [2.24, 2.45) is 5.92 Å². The summed E-state index contributed by atoms with van der Waals surface area (Å²) in [5.41, 5.74) is 0. The SMILES string of the molecule is Cc1ccc(C(C)NCC(C)CN2CCCCC2)o1. The summed E-state index contributed by atoms with van der Waals surface area (Å²) in [4.78, 5) is 2.61. The van der Waals surface area contributed by atoms with Crippen LogP contribution in [-0.4, -0.2) is 31.1 Å². The maximum atomic E-state index is 5.65. The van der Waals surface area contributed by atoms with Crippen LogP contribution in [0.25, 0.3) is 0 Å². The van der Waals surface area contributed by atoms with Gasteiger partial charge in [-0.2, -0.15) is 0 Å². The number of hydrogen-bond donors (Lipinski definition) is 1. The van der Waals surface area contributed by atoms with E-state index in [1.165, 1.54) is 38.9 Å². The van der Waals surface area contributed by atoms with Gasteiger partial charge in [-0.3, -0.25) is 0 Å². The monoisotopic (exact) mass is 264 g/mol. The van der Waals surface area contributed by atoms with E-state index < -0.39 is 0 Å². The fourth-order valence-electron chi connectivity index (χ4n) is 2.81. The second kappa shape index (κ2) is 7.11. The normalized spacial score (nSPS) is 20.4. The van der Waals surface area contributed by atoms with Crippen LogP contribution in [0.2, 0.25) is 0 Å². The van der Waals surface area contributed by atoms with Gasteiger partial charge in [0, 0.05) is 6.54 Å². The summed E-state index contributed by atoms with van der Waals surface area (Å²) >= 11 is 0. The number of aryl methyl sites for hydroxylation is 1. The highest BCUT2D eigenvalue weighted by Gasteiger charge is 2.15. The third-order valence-corrected chi connectivity index (χ3v) is 3.98. The van der Waals surface area contributed by atoms with E-state index in [0.717, 1.165) is 18.1 Å². The Balaban J connectivity index is 1.69. The first kappa shape index (κ1) is 14.6. The molecule has 1 aromatic rings. The van der Waals surface area contributed by atoms with Gasteiger partial charge < -0.3 is 14.6 Å². The van der Waals surface area contributed by atoms with Crippen molar-refractivity contribution in [1.29, 1.82) is 0 Å². The molecule has 2 unspecified atom stereocenters. The van der Waals surface area contributed by atoms with Gasteiger partial charge in [-0.05, 0) is 64.4 Å². The van der Waals surface area contributed by atoms with Crippen LogP contribution < -0.4 is 5.32 Å².